The third kappa shape index (κ3) is 8.87. The van der Waals surface area contributed by atoms with Gasteiger partial charge in [0.1, 0.15) is 22.9 Å². The lowest BCUT2D eigenvalue weighted by molar-refractivity contribution is -0.105. The zero-order valence-corrected chi connectivity index (χ0v) is 26.1. The molecule has 1 unspecified atom stereocenters. The number of urea groups is 1. The number of carbonyl (C=O) groups excluding carboxylic acids is 2. The summed E-state index contributed by atoms with van der Waals surface area (Å²) in [6.45, 7) is 9.67. The van der Waals surface area contributed by atoms with Gasteiger partial charge in [0.25, 0.3) is 0 Å². The molecule has 2 fully saturated rings. The lowest BCUT2D eigenvalue weighted by Gasteiger charge is -2.28. The van der Waals surface area contributed by atoms with Gasteiger partial charge >= 0.3 is 6.03 Å². The van der Waals surface area contributed by atoms with E-state index in [9.17, 15) is 14.0 Å². The second kappa shape index (κ2) is 16.8. The van der Waals surface area contributed by atoms with E-state index < -0.39 is 11.4 Å². The molecule has 232 valence electrons. The van der Waals surface area contributed by atoms with Gasteiger partial charge in [0.2, 0.25) is 6.41 Å². The Morgan fingerprint density at radius 3 is 2.53 bits per heavy atom. The summed E-state index contributed by atoms with van der Waals surface area (Å²) in [6, 6.07) is 11.7. The number of nitrogens with zero attached hydrogens (tertiary/aromatic N) is 3. The summed E-state index contributed by atoms with van der Waals surface area (Å²) in [4.78, 5) is 38.3. The van der Waals surface area contributed by atoms with Gasteiger partial charge in [-0.2, -0.15) is 0 Å². The summed E-state index contributed by atoms with van der Waals surface area (Å²) in [5, 5.41) is 5.71. The molecule has 2 aliphatic heterocycles. The summed E-state index contributed by atoms with van der Waals surface area (Å²) in [5.41, 5.74) is 4.27. The quantitative estimate of drug-likeness (QED) is 0.238. The largest absolute Gasteiger partial charge is 0.405 e. The van der Waals surface area contributed by atoms with Crippen LogP contribution in [0.2, 0.25) is 5.02 Å². The summed E-state index contributed by atoms with van der Waals surface area (Å²) < 4.78 is 13.9. The van der Waals surface area contributed by atoms with E-state index in [1.807, 2.05) is 39.8 Å². The zero-order valence-electron chi connectivity index (χ0n) is 25.3. The van der Waals surface area contributed by atoms with Gasteiger partial charge in [0.15, 0.2) is 5.75 Å². The third-order valence-corrected chi connectivity index (χ3v) is 7.39. The monoisotopic (exact) mass is 612 g/mol. The smallest absolute Gasteiger partial charge is 0.323 e. The molecule has 0 radical (unpaired) electrons. The molecule has 43 heavy (non-hydrogen) atoms. The maximum atomic E-state index is 13.9. The van der Waals surface area contributed by atoms with E-state index in [1.165, 1.54) is 25.1 Å². The first-order valence-electron chi connectivity index (χ1n) is 15.1. The van der Waals surface area contributed by atoms with Crippen molar-refractivity contribution in [1.29, 1.82) is 0 Å². The highest BCUT2D eigenvalue weighted by atomic mass is 35.5. The molecule has 1 atom stereocenters. The van der Waals surface area contributed by atoms with Crippen LogP contribution in [0.4, 0.5) is 20.7 Å². The minimum atomic E-state index is -0.633. The van der Waals surface area contributed by atoms with E-state index in [0.29, 0.717) is 23.0 Å². The third-order valence-electron chi connectivity index (χ3n) is 7.16. The second-order valence-corrected chi connectivity index (χ2v) is 10.3. The number of halogens is 2. The Morgan fingerprint density at radius 2 is 1.88 bits per heavy atom. The van der Waals surface area contributed by atoms with Crippen LogP contribution in [0.15, 0.2) is 54.9 Å². The summed E-state index contributed by atoms with van der Waals surface area (Å²) >= 11 is 5.69. The molecule has 3 aromatic rings. The second-order valence-electron chi connectivity index (χ2n) is 9.88. The van der Waals surface area contributed by atoms with Crippen molar-refractivity contribution < 1.29 is 18.8 Å². The van der Waals surface area contributed by atoms with Gasteiger partial charge in [0.05, 0.1) is 10.7 Å². The molecule has 2 aromatic heterocycles. The Kier molecular flexibility index (Phi) is 13.2. The van der Waals surface area contributed by atoms with Crippen LogP contribution in [0, 0.1) is 11.7 Å². The molecule has 1 aliphatic carbocycles. The average molecular weight is 613 g/mol. The Bertz CT molecular complexity index is 1320. The highest BCUT2D eigenvalue weighted by Crippen LogP contribution is 2.46. The van der Waals surface area contributed by atoms with Crippen molar-refractivity contribution in [2.75, 3.05) is 23.7 Å². The number of pyridine rings is 2. The van der Waals surface area contributed by atoms with Crippen LogP contribution < -0.4 is 21.0 Å². The Morgan fingerprint density at radius 1 is 1.14 bits per heavy atom. The van der Waals surface area contributed by atoms with Crippen molar-refractivity contribution in [2.45, 2.75) is 71.8 Å². The van der Waals surface area contributed by atoms with Crippen LogP contribution in [0.1, 0.15) is 77.5 Å². The topological polar surface area (TPSA) is 108 Å². The number of nitrogens with one attached hydrogen (secondary N) is 3. The summed E-state index contributed by atoms with van der Waals surface area (Å²) in [5.74, 6) is 1.49. The number of anilines is 2. The van der Waals surface area contributed by atoms with E-state index in [2.05, 4.69) is 26.1 Å². The Hall–Kier alpha value is -3.76. The highest BCUT2D eigenvalue weighted by molar-refractivity contribution is 6.30. The lowest BCUT2D eigenvalue weighted by atomic mass is 9.82. The Labute approximate surface area is 258 Å². The molecule has 11 heteroatoms. The minimum absolute atomic E-state index is 0.0812. The number of aromatic nitrogens is 2. The van der Waals surface area contributed by atoms with Gasteiger partial charge in [-0.1, -0.05) is 58.2 Å². The molecule has 1 saturated heterocycles. The molecular weight excluding hydrogens is 571 g/mol. The number of hydrogen-bond acceptors (Lipinski definition) is 6. The van der Waals surface area contributed by atoms with Crippen LogP contribution in [0.3, 0.4) is 0 Å². The van der Waals surface area contributed by atoms with Crippen LogP contribution in [-0.2, 0) is 10.3 Å². The first-order chi connectivity index (χ1) is 21.0. The molecule has 3 amide bonds. The van der Waals surface area contributed by atoms with Crippen molar-refractivity contribution in [3.05, 3.63) is 77.0 Å². The number of amides is 3. The molecular formula is C32H42ClFN6O3. The van der Waals surface area contributed by atoms with Crippen molar-refractivity contribution in [3.8, 4) is 5.75 Å². The van der Waals surface area contributed by atoms with Gasteiger partial charge in [-0.25, -0.2) is 14.2 Å². The van der Waals surface area contributed by atoms with E-state index >= 15 is 0 Å². The van der Waals surface area contributed by atoms with Gasteiger partial charge in [-0.3, -0.25) is 15.1 Å². The number of hydrogen-bond donors (Lipinski definition) is 3. The van der Waals surface area contributed by atoms with Gasteiger partial charge in [-0.15, -0.1) is 5.48 Å². The van der Waals surface area contributed by atoms with Crippen molar-refractivity contribution >= 4 is 35.5 Å². The van der Waals surface area contributed by atoms with Crippen molar-refractivity contribution in [2.24, 2.45) is 5.92 Å². The lowest BCUT2D eigenvalue weighted by Crippen LogP contribution is -2.40. The van der Waals surface area contributed by atoms with Crippen LogP contribution in [-0.4, -0.2) is 40.4 Å². The highest BCUT2D eigenvalue weighted by Gasteiger charge is 2.45. The fraction of sp³-hybridized carbons (Fsp3) is 0.438. The van der Waals surface area contributed by atoms with Crippen molar-refractivity contribution in [1.82, 2.24) is 20.3 Å². The standard InChI is InChI=1S/C18H18FN3O2.C10H12ClN3O.2C2H6/c19-14-6-5-13(10-15(14)21-11-23)18(8-7-12-3-4-12)17-16(24-22-18)2-1-9-20-17;11-8-3-4-9(12-7-8)13-10(15)14-5-1-2-6-14;2*1-2/h1-2,5-6,9-12,22H,3-4,7-8H2,(H,21,23);3-4,7H,1-2,5-6H2,(H,12,13,15);2*1-2H3. The number of rotatable bonds is 7. The molecule has 3 aliphatic rings. The number of carbonyl (C=O) groups is 2. The Balaban J connectivity index is 0.000000230. The molecule has 3 N–H and O–H groups in total. The maximum Gasteiger partial charge on any atom is 0.323 e. The van der Waals surface area contributed by atoms with E-state index in [4.69, 9.17) is 16.4 Å². The number of hydroxylamine groups is 1. The first-order valence-corrected chi connectivity index (χ1v) is 15.4. The molecule has 1 saturated carbocycles. The average Bonchev–Trinajstić information content (AvgIpc) is 3.56. The fourth-order valence-corrected chi connectivity index (χ4v) is 4.96. The molecule has 1 aromatic carbocycles. The summed E-state index contributed by atoms with van der Waals surface area (Å²) in [7, 11) is 0. The van der Waals surface area contributed by atoms with Gasteiger partial charge < -0.3 is 15.1 Å². The zero-order chi connectivity index (χ0) is 31.2. The maximum absolute atomic E-state index is 13.9. The SMILES string of the molecule is CC.CC.O=C(Nc1ccc(Cl)cn1)N1CCCC1.O=CNc1cc(C2(CCC3CC3)NOc3cccnc32)ccc1F. The van der Waals surface area contributed by atoms with E-state index in [1.54, 1.807) is 35.4 Å². The minimum Gasteiger partial charge on any atom is -0.405 e. The van der Waals surface area contributed by atoms with E-state index in [0.717, 1.165) is 55.9 Å². The first kappa shape index (κ1) is 33.7. The normalized spacial score (nSPS) is 17.9. The fourth-order valence-electron chi connectivity index (χ4n) is 4.84. The molecule has 9 nitrogen and oxygen atoms in total. The van der Waals surface area contributed by atoms with Crippen molar-refractivity contribution in [3.63, 3.8) is 0 Å². The summed E-state index contributed by atoms with van der Waals surface area (Å²) in [6.07, 6.45) is 10.2. The van der Waals surface area contributed by atoms with E-state index in [-0.39, 0.29) is 11.7 Å². The van der Waals surface area contributed by atoms with Gasteiger partial charge in [-0.05, 0) is 73.6 Å². The predicted octanol–water partition coefficient (Wildman–Crippen LogP) is 7.53. The van der Waals surface area contributed by atoms with Crippen LogP contribution >= 0.6 is 11.6 Å². The number of fused-ring (bicyclic) bond motifs is 1. The molecule has 6 rings (SSSR count). The molecule has 0 spiro atoms. The number of benzene rings is 1. The number of likely N-dealkylation sites (tertiary alicyclic amines) is 1. The van der Waals surface area contributed by atoms with Crippen LogP contribution in [0.25, 0.3) is 0 Å². The van der Waals surface area contributed by atoms with Gasteiger partial charge in [0, 0.05) is 25.5 Å². The van der Waals surface area contributed by atoms with Crippen LogP contribution in [0.5, 0.6) is 5.75 Å². The molecule has 4 heterocycles. The molecule has 0 bridgehead atoms. The predicted molar refractivity (Wildman–Crippen MR) is 169 cm³/mol.